The van der Waals surface area contributed by atoms with Crippen molar-refractivity contribution in [1.29, 1.82) is 0 Å². The van der Waals surface area contributed by atoms with Gasteiger partial charge in [0.2, 0.25) is 0 Å². The van der Waals surface area contributed by atoms with E-state index in [0.717, 1.165) is 32.7 Å². The first kappa shape index (κ1) is 19.9. The molecule has 0 unspecified atom stereocenters. The topological polar surface area (TPSA) is 38.0 Å². The highest BCUT2D eigenvalue weighted by Crippen LogP contribution is 2.14. The summed E-state index contributed by atoms with van der Waals surface area (Å²) < 4.78 is 0. The quantitative estimate of drug-likeness (QED) is 0.650. The summed E-state index contributed by atoms with van der Waals surface area (Å²) in [5.41, 5.74) is 2.83. The first-order valence-electron chi connectivity index (χ1n) is 9.90. The van der Waals surface area contributed by atoms with Crippen LogP contribution in [0, 0.1) is 5.92 Å². The summed E-state index contributed by atoms with van der Waals surface area (Å²) in [6.07, 6.45) is 0. The molecule has 3 N–H and O–H groups in total. The molecule has 1 saturated heterocycles. The van der Waals surface area contributed by atoms with E-state index in [-0.39, 0.29) is 11.9 Å². The largest absolute Gasteiger partial charge is 0.348 e. The van der Waals surface area contributed by atoms with Crippen molar-refractivity contribution >= 4 is 5.91 Å². The molecule has 1 aliphatic heterocycles. The predicted octanol–water partition coefficient (Wildman–Crippen LogP) is 0.254. The highest BCUT2D eigenvalue weighted by Gasteiger charge is 2.25. The Morgan fingerprint density at radius 2 is 1.52 bits per heavy atom. The van der Waals surface area contributed by atoms with Crippen molar-refractivity contribution < 1.29 is 14.6 Å². The minimum absolute atomic E-state index is 0.198. The van der Waals surface area contributed by atoms with Gasteiger partial charge < -0.3 is 15.1 Å². The summed E-state index contributed by atoms with van der Waals surface area (Å²) >= 11 is 0. The fourth-order valence-electron chi connectivity index (χ4n) is 3.32. The molecule has 4 heteroatoms. The van der Waals surface area contributed by atoms with Gasteiger partial charge in [-0.1, -0.05) is 52.0 Å². The van der Waals surface area contributed by atoms with Crippen LogP contribution >= 0.6 is 0 Å². The summed E-state index contributed by atoms with van der Waals surface area (Å²) in [4.78, 5) is 15.2. The van der Waals surface area contributed by atoms with Crippen molar-refractivity contribution in [2.24, 2.45) is 5.92 Å². The van der Waals surface area contributed by atoms with Crippen molar-refractivity contribution in [3.05, 3.63) is 35.4 Å². The third-order valence-corrected chi connectivity index (χ3v) is 5.56. The first-order chi connectivity index (χ1) is 11.8. The van der Waals surface area contributed by atoms with Crippen molar-refractivity contribution in [2.75, 3.05) is 32.7 Å². The van der Waals surface area contributed by atoms with Crippen molar-refractivity contribution in [3.8, 4) is 0 Å². The van der Waals surface area contributed by atoms with E-state index in [9.17, 15) is 4.79 Å². The zero-order valence-electron chi connectivity index (χ0n) is 16.7. The van der Waals surface area contributed by atoms with Gasteiger partial charge in [0.05, 0.1) is 0 Å². The lowest BCUT2D eigenvalue weighted by Gasteiger charge is -2.30. The number of carbonyl (C=O) groups excluding carboxylic acids is 1. The maximum Gasteiger partial charge on any atom is 0.275 e. The van der Waals surface area contributed by atoms with Gasteiger partial charge >= 0.3 is 0 Å². The lowest BCUT2D eigenvalue weighted by Crippen LogP contribution is -3.28. The monoisotopic (exact) mass is 347 g/mol. The van der Waals surface area contributed by atoms with Gasteiger partial charge in [0.15, 0.2) is 6.54 Å². The Morgan fingerprint density at radius 1 is 0.960 bits per heavy atom. The SMILES string of the molecule is CC(C)c1ccc(C[NH+]2CC[NH+](CC(=O)N[C@@H](C)C(C)C)CC2)cc1. The van der Waals surface area contributed by atoms with Gasteiger partial charge in [0, 0.05) is 11.6 Å². The Labute approximate surface area is 153 Å². The van der Waals surface area contributed by atoms with Crippen LogP contribution in [-0.4, -0.2) is 44.7 Å². The second-order valence-corrected chi connectivity index (χ2v) is 8.35. The molecule has 1 aliphatic rings. The Bertz CT molecular complexity index is 531. The third-order valence-electron chi connectivity index (χ3n) is 5.56. The fraction of sp³-hybridized carbons (Fsp3) is 0.667. The van der Waals surface area contributed by atoms with Gasteiger partial charge in [-0.15, -0.1) is 0 Å². The van der Waals surface area contributed by atoms with Crippen LogP contribution in [0.4, 0.5) is 0 Å². The molecule has 0 spiro atoms. The summed E-state index contributed by atoms with van der Waals surface area (Å²) in [6, 6.07) is 9.35. The minimum atomic E-state index is 0.198. The second-order valence-electron chi connectivity index (χ2n) is 8.35. The molecule has 0 radical (unpaired) electrons. The third kappa shape index (κ3) is 6.44. The number of carbonyl (C=O) groups is 1. The smallest absolute Gasteiger partial charge is 0.275 e. The molecule has 0 aliphatic carbocycles. The van der Waals surface area contributed by atoms with Crippen LogP contribution in [0.5, 0.6) is 0 Å². The van der Waals surface area contributed by atoms with Crippen LogP contribution in [0.15, 0.2) is 24.3 Å². The summed E-state index contributed by atoms with van der Waals surface area (Å²) in [5, 5.41) is 3.13. The van der Waals surface area contributed by atoms with E-state index in [4.69, 9.17) is 0 Å². The van der Waals surface area contributed by atoms with E-state index in [1.165, 1.54) is 16.0 Å². The minimum Gasteiger partial charge on any atom is -0.348 e. The number of rotatable bonds is 7. The molecular formula is C21H37N3O+2. The molecule has 1 fully saturated rings. The van der Waals surface area contributed by atoms with Crippen LogP contribution in [0.1, 0.15) is 51.7 Å². The number of hydrogen-bond acceptors (Lipinski definition) is 1. The summed E-state index contributed by atoms with van der Waals surface area (Å²) in [6.45, 7) is 17.0. The van der Waals surface area contributed by atoms with E-state index in [1.807, 2.05) is 0 Å². The number of benzene rings is 1. The average molecular weight is 348 g/mol. The standard InChI is InChI=1S/C21H35N3O/c1-16(2)18(5)22-21(25)15-24-12-10-23(11-13-24)14-19-6-8-20(9-7-19)17(3)4/h6-9,16-18H,10-15H2,1-5H3,(H,22,25)/p+2/t18-/m0/s1. The molecule has 1 heterocycles. The van der Waals surface area contributed by atoms with Crippen molar-refractivity contribution in [2.45, 2.75) is 53.1 Å². The van der Waals surface area contributed by atoms with E-state index >= 15 is 0 Å². The summed E-state index contributed by atoms with van der Waals surface area (Å²) in [7, 11) is 0. The lowest BCUT2D eigenvalue weighted by molar-refractivity contribution is -1.02. The molecule has 4 nitrogen and oxygen atoms in total. The van der Waals surface area contributed by atoms with Crippen LogP contribution < -0.4 is 15.1 Å². The Morgan fingerprint density at radius 3 is 2.04 bits per heavy atom. The van der Waals surface area contributed by atoms with E-state index < -0.39 is 0 Å². The van der Waals surface area contributed by atoms with Crippen LogP contribution in [0.3, 0.4) is 0 Å². The highest BCUT2D eigenvalue weighted by atomic mass is 16.2. The van der Waals surface area contributed by atoms with Gasteiger partial charge in [-0.05, 0) is 24.3 Å². The molecule has 0 bridgehead atoms. The number of piperazine rings is 1. The maximum atomic E-state index is 12.1. The zero-order chi connectivity index (χ0) is 18.4. The normalized spacial score (nSPS) is 22.2. The molecule has 0 saturated carbocycles. The molecule has 25 heavy (non-hydrogen) atoms. The van der Waals surface area contributed by atoms with Gasteiger partial charge in [0.1, 0.15) is 32.7 Å². The summed E-state index contributed by atoms with van der Waals surface area (Å²) in [5.74, 6) is 1.28. The molecular weight excluding hydrogens is 310 g/mol. The second kappa shape index (κ2) is 9.35. The molecule has 1 aromatic rings. The van der Waals surface area contributed by atoms with Gasteiger partial charge in [0.25, 0.3) is 5.91 Å². The van der Waals surface area contributed by atoms with Crippen LogP contribution in [-0.2, 0) is 11.3 Å². The highest BCUT2D eigenvalue weighted by molar-refractivity contribution is 5.77. The van der Waals surface area contributed by atoms with Gasteiger partial charge in [-0.2, -0.15) is 0 Å². The number of nitrogens with one attached hydrogen (secondary N) is 3. The predicted molar refractivity (Wildman–Crippen MR) is 103 cm³/mol. The van der Waals surface area contributed by atoms with Crippen molar-refractivity contribution in [3.63, 3.8) is 0 Å². The van der Waals surface area contributed by atoms with E-state index in [0.29, 0.717) is 18.4 Å². The molecule has 140 valence electrons. The fourth-order valence-corrected chi connectivity index (χ4v) is 3.32. The average Bonchev–Trinajstić information content (AvgIpc) is 2.57. The maximum absolute atomic E-state index is 12.1. The van der Waals surface area contributed by atoms with E-state index in [2.05, 4.69) is 64.2 Å². The lowest BCUT2D eigenvalue weighted by atomic mass is 10.0. The Balaban J connectivity index is 1.73. The number of amides is 1. The van der Waals surface area contributed by atoms with Gasteiger partial charge in [-0.25, -0.2) is 0 Å². The molecule has 2 rings (SSSR count). The van der Waals surface area contributed by atoms with Gasteiger partial charge in [-0.3, -0.25) is 4.79 Å². The van der Waals surface area contributed by atoms with Crippen LogP contribution in [0.2, 0.25) is 0 Å². The molecule has 1 amide bonds. The number of quaternary nitrogens is 2. The Hall–Kier alpha value is -1.39. The first-order valence-corrected chi connectivity index (χ1v) is 9.90. The number of hydrogen-bond donors (Lipinski definition) is 3. The molecule has 0 aromatic heterocycles. The molecule has 1 atom stereocenters. The Kier molecular flexibility index (Phi) is 7.45. The molecule has 1 aromatic carbocycles. The zero-order valence-corrected chi connectivity index (χ0v) is 16.7. The van der Waals surface area contributed by atoms with E-state index in [1.54, 1.807) is 4.90 Å². The van der Waals surface area contributed by atoms with Crippen molar-refractivity contribution in [1.82, 2.24) is 5.32 Å². The van der Waals surface area contributed by atoms with Crippen LogP contribution in [0.25, 0.3) is 0 Å².